The molecule has 2 N–H and O–H groups in total. The molecular formula is C33H32ClF4N5O4. The molecule has 2 aliphatic heterocycles. The van der Waals surface area contributed by atoms with Gasteiger partial charge in [0.25, 0.3) is 5.91 Å². The Morgan fingerprint density at radius 1 is 1.11 bits per heavy atom. The van der Waals surface area contributed by atoms with Gasteiger partial charge in [-0.05, 0) is 55.7 Å². The van der Waals surface area contributed by atoms with Gasteiger partial charge >= 0.3 is 12.4 Å². The van der Waals surface area contributed by atoms with E-state index in [4.69, 9.17) is 5.26 Å². The number of urea groups is 1. The summed E-state index contributed by atoms with van der Waals surface area (Å²) in [6.45, 7) is 3.14. The lowest BCUT2D eigenvalue weighted by molar-refractivity contribution is -0.274. The second-order valence-electron chi connectivity index (χ2n) is 11.8. The standard InChI is InChI=1S/C33H31F4N5O4.ClH/c1-32(2)30(44)42(31(45)40-32)19-29(43)41-13-12-27(25(18-41)21-6-4-3-5-7-21)39-17-23-15-22(9-11-28(23)46-33(35,36)37)24-10-8-20(16-38)14-26(24)34;/h3-11,14-15,25,27,39H,12-13,17-19H2,1-2H3,(H,40,45);1H/t25-,27-;/m0./s1. The van der Waals surface area contributed by atoms with Gasteiger partial charge in [-0.1, -0.05) is 42.5 Å². The van der Waals surface area contributed by atoms with Gasteiger partial charge < -0.3 is 20.3 Å². The highest BCUT2D eigenvalue weighted by atomic mass is 35.5. The van der Waals surface area contributed by atoms with E-state index in [0.717, 1.165) is 22.6 Å². The summed E-state index contributed by atoms with van der Waals surface area (Å²) in [6, 6.07) is 17.9. The Morgan fingerprint density at radius 2 is 1.83 bits per heavy atom. The Labute approximate surface area is 274 Å². The van der Waals surface area contributed by atoms with Crippen LogP contribution in [0.25, 0.3) is 11.1 Å². The fourth-order valence-electron chi connectivity index (χ4n) is 5.83. The van der Waals surface area contributed by atoms with Crippen LogP contribution < -0.4 is 15.4 Å². The molecule has 2 fully saturated rings. The molecule has 4 amide bonds. The Balaban J connectivity index is 0.00000500. The van der Waals surface area contributed by atoms with Crippen LogP contribution in [0.5, 0.6) is 5.75 Å². The SMILES string of the molecule is CC1(C)NC(=O)N(CC(=O)N2CC[C@H](NCc3cc(-c4ccc(C#N)cc4F)ccc3OC(F)(F)F)[C@H](c3ccccc3)C2)C1=O.Cl. The Bertz CT molecular complexity index is 1700. The lowest BCUT2D eigenvalue weighted by atomic mass is 9.85. The minimum atomic E-state index is -4.96. The number of hydrogen-bond acceptors (Lipinski definition) is 6. The zero-order valence-electron chi connectivity index (χ0n) is 25.4. The number of carbonyl (C=O) groups is 3. The van der Waals surface area contributed by atoms with E-state index in [-0.39, 0.29) is 60.7 Å². The summed E-state index contributed by atoms with van der Waals surface area (Å²) in [7, 11) is 0. The molecule has 14 heteroatoms. The van der Waals surface area contributed by atoms with Crippen LogP contribution in [0.4, 0.5) is 22.4 Å². The Morgan fingerprint density at radius 3 is 2.45 bits per heavy atom. The molecule has 0 radical (unpaired) electrons. The van der Waals surface area contributed by atoms with Gasteiger partial charge in [-0.25, -0.2) is 9.18 Å². The van der Waals surface area contributed by atoms with Crippen LogP contribution in [-0.4, -0.2) is 65.2 Å². The summed E-state index contributed by atoms with van der Waals surface area (Å²) in [5.74, 6) is -2.33. The number of imide groups is 1. The van der Waals surface area contributed by atoms with E-state index in [0.29, 0.717) is 12.0 Å². The fraction of sp³-hybridized carbons (Fsp3) is 0.333. The van der Waals surface area contributed by atoms with Crippen LogP contribution in [0.2, 0.25) is 0 Å². The predicted octanol–water partition coefficient (Wildman–Crippen LogP) is 5.49. The minimum absolute atomic E-state index is 0. The molecule has 3 aromatic carbocycles. The fourth-order valence-corrected chi connectivity index (χ4v) is 5.83. The van der Waals surface area contributed by atoms with E-state index in [1.54, 1.807) is 18.7 Å². The van der Waals surface area contributed by atoms with E-state index in [1.807, 2.05) is 36.4 Å². The molecule has 2 atom stereocenters. The van der Waals surface area contributed by atoms with Crippen molar-refractivity contribution in [1.29, 1.82) is 5.26 Å². The Kier molecular flexibility index (Phi) is 10.5. The zero-order chi connectivity index (χ0) is 33.2. The topological polar surface area (TPSA) is 115 Å². The van der Waals surface area contributed by atoms with Crippen molar-refractivity contribution < 1.29 is 36.7 Å². The van der Waals surface area contributed by atoms with E-state index in [9.17, 15) is 31.9 Å². The summed E-state index contributed by atoms with van der Waals surface area (Å²) in [5.41, 5.74) is 0.423. The summed E-state index contributed by atoms with van der Waals surface area (Å²) < 4.78 is 59.0. The van der Waals surface area contributed by atoms with E-state index in [1.165, 1.54) is 24.3 Å². The molecule has 248 valence electrons. The third-order valence-electron chi connectivity index (χ3n) is 8.18. The van der Waals surface area contributed by atoms with Crippen LogP contribution in [0.3, 0.4) is 0 Å². The van der Waals surface area contributed by atoms with E-state index < -0.39 is 47.9 Å². The van der Waals surface area contributed by atoms with Gasteiger partial charge in [-0.15, -0.1) is 25.6 Å². The maximum absolute atomic E-state index is 14.8. The molecule has 0 unspecified atom stereocenters. The van der Waals surface area contributed by atoms with Crippen molar-refractivity contribution in [3.05, 3.63) is 89.2 Å². The molecule has 0 aromatic heterocycles. The molecule has 9 nitrogen and oxygen atoms in total. The third kappa shape index (κ3) is 8.01. The lowest BCUT2D eigenvalue weighted by Crippen LogP contribution is -2.52. The van der Waals surface area contributed by atoms with Crippen molar-refractivity contribution in [3.8, 4) is 22.9 Å². The number of benzene rings is 3. The molecule has 0 spiro atoms. The molecule has 0 bridgehead atoms. The lowest BCUT2D eigenvalue weighted by Gasteiger charge is -2.40. The summed E-state index contributed by atoms with van der Waals surface area (Å²) in [4.78, 5) is 40.8. The van der Waals surface area contributed by atoms with E-state index >= 15 is 0 Å². The third-order valence-corrected chi connectivity index (χ3v) is 8.18. The molecule has 0 saturated carbocycles. The number of rotatable bonds is 8. The van der Waals surface area contributed by atoms with Crippen molar-refractivity contribution in [1.82, 2.24) is 20.4 Å². The van der Waals surface area contributed by atoms with Crippen LogP contribution in [0.15, 0.2) is 66.7 Å². The van der Waals surface area contributed by atoms with Crippen LogP contribution in [0, 0.1) is 17.1 Å². The largest absolute Gasteiger partial charge is 0.573 e. The van der Waals surface area contributed by atoms with Gasteiger partial charge in [-0.2, -0.15) is 5.26 Å². The maximum Gasteiger partial charge on any atom is 0.573 e. The van der Waals surface area contributed by atoms with E-state index in [2.05, 4.69) is 15.4 Å². The van der Waals surface area contributed by atoms with Crippen molar-refractivity contribution in [2.45, 2.75) is 50.7 Å². The highest BCUT2D eigenvalue weighted by molar-refractivity contribution is 6.08. The summed E-state index contributed by atoms with van der Waals surface area (Å²) >= 11 is 0. The monoisotopic (exact) mass is 673 g/mol. The number of nitrogens with one attached hydrogen (secondary N) is 2. The molecule has 2 saturated heterocycles. The first-order valence-electron chi connectivity index (χ1n) is 14.5. The van der Waals surface area contributed by atoms with Crippen LogP contribution in [0.1, 0.15) is 42.9 Å². The number of halogens is 5. The number of piperidine rings is 1. The quantitative estimate of drug-likeness (QED) is 0.242. The molecular weight excluding hydrogens is 642 g/mol. The number of amides is 4. The number of carbonyl (C=O) groups excluding carboxylic acids is 3. The Hall–Kier alpha value is -4.67. The molecule has 2 heterocycles. The highest BCUT2D eigenvalue weighted by Gasteiger charge is 2.45. The normalized spacial score (nSPS) is 19.1. The molecule has 0 aliphatic carbocycles. The van der Waals surface area contributed by atoms with Gasteiger partial charge in [0.05, 0.1) is 11.6 Å². The summed E-state index contributed by atoms with van der Waals surface area (Å²) in [6.07, 6.45) is -4.55. The smallest absolute Gasteiger partial charge is 0.405 e. The number of nitriles is 1. The maximum atomic E-state index is 14.8. The molecule has 5 rings (SSSR count). The second kappa shape index (κ2) is 14.0. The minimum Gasteiger partial charge on any atom is -0.405 e. The number of nitrogens with zero attached hydrogens (tertiary/aromatic N) is 3. The summed E-state index contributed by atoms with van der Waals surface area (Å²) in [5, 5.41) is 14.9. The van der Waals surface area contributed by atoms with Crippen molar-refractivity contribution in [2.24, 2.45) is 0 Å². The van der Waals surface area contributed by atoms with Gasteiger partial charge in [0.15, 0.2) is 0 Å². The predicted molar refractivity (Wildman–Crippen MR) is 166 cm³/mol. The van der Waals surface area contributed by atoms with Gasteiger partial charge in [-0.3, -0.25) is 14.5 Å². The second-order valence-corrected chi connectivity index (χ2v) is 11.8. The first kappa shape index (κ1) is 35.2. The van der Waals surface area contributed by atoms with Gasteiger partial charge in [0.1, 0.15) is 23.7 Å². The van der Waals surface area contributed by atoms with Crippen LogP contribution in [-0.2, 0) is 16.1 Å². The van der Waals surface area contributed by atoms with Gasteiger partial charge in [0, 0.05) is 42.7 Å². The number of hydrogen-bond donors (Lipinski definition) is 2. The van der Waals surface area contributed by atoms with Crippen molar-refractivity contribution >= 4 is 30.3 Å². The van der Waals surface area contributed by atoms with Crippen LogP contribution >= 0.6 is 12.4 Å². The molecule has 2 aliphatic rings. The average molecular weight is 674 g/mol. The van der Waals surface area contributed by atoms with Crippen molar-refractivity contribution in [3.63, 3.8) is 0 Å². The number of likely N-dealkylation sites (tertiary alicyclic amines) is 1. The molecule has 3 aromatic rings. The van der Waals surface area contributed by atoms with Crippen molar-refractivity contribution in [2.75, 3.05) is 19.6 Å². The zero-order valence-corrected chi connectivity index (χ0v) is 26.3. The highest BCUT2D eigenvalue weighted by Crippen LogP contribution is 2.34. The first-order valence-corrected chi connectivity index (χ1v) is 14.5. The van der Waals surface area contributed by atoms with Gasteiger partial charge in [0.2, 0.25) is 5.91 Å². The average Bonchev–Trinajstić information content (AvgIpc) is 3.21. The molecule has 47 heavy (non-hydrogen) atoms. The number of ether oxygens (including phenoxy) is 1. The first-order chi connectivity index (χ1) is 21.8. The number of alkyl halides is 3.